The molecule has 1 unspecified atom stereocenters. The average Bonchev–Trinajstić information content (AvgIpc) is 1.97. The first-order chi connectivity index (χ1) is 5.85. The summed E-state index contributed by atoms with van der Waals surface area (Å²) < 4.78 is 0. The zero-order chi connectivity index (χ0) is 10.5. The lowest BCUT2D eigenvalue weighted by Gasteiger charge is -2.20. The molecule has 1 amide bonds. The molecule has 0 aromatic rings. The van der Waals surface area contributed by atoms with E-state index >= 15 is 0 Å². The Morgan fingerprint density at radius 2 is 2.08 bits per heavy atom. The van der Waals surface area contributed by atoms with Gasteiger partial charge in [-0.15, -0.1) is 0 Å². The monoisotopic (exact) mass is 188 g/mol. The Morgan fingerprint density at radius 1 is 1.54 bits per heavy atom. The molecule has 0 saturated carbocycles. The molecule has 0 saturated heterocycles. The summed E-state index contributed by atoms with van der Waals surface area (Å²) in [5.74, 6) is -0.0172. The summed E-state index contributed by atoms with van der Waals surface area (Å²) in [6, 6.07) is -0.286. The molecular weight excluding hydrogens is 168 g/mol. The van der Waals surface area contributed by atoms with Crippen molar-refractivity contribution in [1.82, 2.24) is 5.32 Å². The Balaban J connectivity index is 3.64. The van der Waals surface area contributed by atoms with E-state index < -0.39 is 0 Å². The molecule has 0 radical (unpaired) electrons. The molecule has 0 bridgehead atoms. The smallest absolute Gasteiger partial charge is 0.220 e. The predicted molar refractivity (Wildman–Crippen MR) is 52.2 cm³/mol. The van der Waals surface area contributed by atoms with Crippen molar-refractivity contribution in [3.05, 3.63) is 0 Å². The van der Waals surface area contributed by atoms with E-state index in [0.717, 1.165) is 0 Å². The van der Waals surface area contributed by atoms with Gasteiger partial charge >= 0.3 is 0 Å². The van der Waals surface area contributed by atoms with Crippen LogP contribution >= 0.6 is 0 Å². The molecule has 0 aliphatic rings. The predicted octanol–water partition coefficient (Wildman–Crippen LogP) is 0.000900. The van der Waals surface area contributed by atoms with E-state index in [0.29, 0.717) is 12.8 Å². The number of nitrogens with one attached hydrogen (secondary N) is 1. The van der Waals surface area contributed by atoms with Gasteiger partial charge in [0.2, 0.25) is 5.91 Å². The molecule has 0 aliphatic carbocycles. The molecule has 0 aromatic carbocycles. The van der Waals surface area contributed by atoms with Gasteiger partial charge in [0.15, 0.2) is 0 Å². The number of hydrogen-bond donors (Lipinski definition) is 3. The third kappa shape index (κ3) is 7.74. The fraction of sp³-hybridized carbons (Fsp3) is 0.889. The van der Waals surface area contributed by atoms with Gasteiger partial charge in [0.05, 0.1) is 6.61 Å². The van der Waals surface area contributed by atoms with Gasteiger partial charge in [-0.05, 0) is 27.2 Å². The van der Waals surface area contributed by atoms with Crippen molar-refractivity contribution in [2.45, 2.75) is 45.2 Å². The summed E-state index contributed by atoms with van der Waals surface area (Å²) in [6.07, 6.45) is 0.900. The van der Waals surface area contributed by atoms with Crippen LogP contribution in [0, 0.1) is 0 Å². The maximum absolute atomic E-state index is 11.2. The van der Waals surface area contributed by atoms with Gasteiger partial charge in [0.25, 0.3) is 0 Å². The molecular formula is C9H20N2O2. The first kappa shape index (κ1) is 12.4. The average molecular weight is 188 g/mol. The largest absolute Gasteiger partial charge is 0.395 e. The van der Waals surface area contributed by atoms with Crippen molar-refractivity contribution in [1.29, 1.82) is 0 Å². The standard InChI is InChI=1S/C9H20N2O2/c1-9(2,3)11-8(13)5-4-7(10)6-12/h7,12H,4-6,10H2,1-3H3,(H,11,13). The molecule has 13 heavy (non-hydrogen) atoms. The highest BCUT2D eigenvalue weighted by atomic mass is 16.3. The fourth-order valence-electron chi connectivity index (χ4n) is 0.889. The maximum atomic E-state index is 11.2. The van der Waals surface area contributed by atoms with Gasteiger partial charge in [-0.3, -0.25) is 4.79 Å². The Morgan fingerprint density at radius 3 is 2.46 bits per heavy atom. The van der Waals surface area contributed by atoms with Crippen LogP contribution in [0.5, 0.6) is 0 Å². The molecule has 4 N–H and O–H groups in total. The van der Waals surface area contributed by atoms with Crippen LogP contribution in [0.2, 0.25) is 0 Å². The SMILES string of the molecule is CC(C)(C)NC(=O)CCC(N)CO. The minimum absolute atomic E-state index is 0.0172. The van der Waals surface area contributed by atoms with Gasteiger partial charge in [-0.1, -0.05) is 0 Å². The number of amides is 1. The van der Waals surface area contributed by atoms with E-state index in [-0.39, 0.29) is 24.1 Å². The van der Waals surface area contributed by atoms with Crippen LogP contribution in [0.1, 0.15) is 33.6 Å². The second-order valence-corrected chi connectivity index (χ2v) is 4.28. The van der Waals surface area contributed by atoms with Gasteiger partial charge in [0, 0.05) is 18.0 Å². The summed E-state index contributed by atoms with van der Waals surface area (Å²) in [5, 5.41) is 11.4. The van der Waals surface area contributed by atoms with Crippen molar-refractivity contribution in [3.63, 3.8) is 0 Å². The van der Waals surface area contributed by atoms with E-state index in [1.165, 1.54) is 0 Å². The number of carbonyl (C=O) groups is 1. The minimum Gasteiger partial charge on any atom is -0.395 e. The van der Waals surface area contributed by atoms with Crippen LogP contribution < -0.4 is 11.1 Å². The molecule has 0 fully saturated rings. The second-order valence-electron chi connectivity index (χ2n) is 4.28. The molecule has 0 aromatic heterocycles. The Hall–Kier alpha value is -0.610. The van der Waals surface area contributed by atoms with Crippen LogP contribution in [0.15, 0.2) is 0 Å². The Labute approximate surface area is 79.5 Å². The zero-order valence-corrected chi connectivity index (χ0v) is 8.63. The lowest BCUT2D eigenvalue weighted by molar-refractivity contribution is -0.122. The molecule has 0 rings (SSSR count). The lowest BCUT2D eigenvalue weighted by Crippen LogP contribution is -2.41. The van der Waals surface area contributed by atoms with Gasteiger partial charge in [0.1, 0.15) is 0 Å². The van der Waals surface area contributed by atoms with E-state index in [1.54, 1.807) is 0 Å². The van der Waals surface area contributed by atoms with Crippen molar-refractivity contribution in [3.8, 4) is 0 Å². The van der Waals surface area contributed by atoms with Gasteiger partial charge < -0.3 is 16.2 Å². The number of aliphatic hydroxyl groups is 1. The number of carbonyl (C=O) groups excluding carboxylic acids is 1. The highest BCUT2D eigenvalue weighted by molar-refractivity contribution is 5.76. The van der Waals surface area contributed by atoms with E-state index in [2.05, 4.69) is 5.32 Å². The lowest BCUT2D eigenvalue weighted by atomic mass is 10.1. The fourth-order valence-corrected chi connectivity index (χ4v) is 0.889. The summed E-state index contributed by atoms with van der Waals surface area (Å²) in [4.78, 5) is 11.2. The second kappa shape index (κ2) is 5.19. The quantitative estimate of drug-likeness (QED) is 0.581. The number of hydrogen-bond acceptors (Lipinski definition) is 3. The third-order valence-electron chi connectivity index (χ3n) is 1.49. The Kier molecular flexibility index (Phi) is 4.95. The molecule has 4 nitrogen and oxygen atoms in total. The molecule has 0 heterocycles. The van der Waals surface area contributed by atoms with Gasteiger partial charge in [-0.25, -0.2) is 0 Å². The van der Waals surface area contributed by atoms with Crippen LogP contribution in [-0.4, -0.2) is 29.2 Å². The number of rotatable bonds is 4. The van der Waals surface area contributed by atoms with Crippen molar-refractivity contribution < 1.29 is 9.90 Å². The maximum Gasteiger partial charge on any atom is 0.220 e. The zero-order valence-electron chi connectivity index (χ0n) is 8.63. The van der Waals surface area contributed by atoms with Crippen molar-refractivity contribution in [2.24, 2.45) is 5.73 Å². The van der Waals surface area contributed by atoms with Gasteiger partial charge in [-0.2, -0.15) is 0 Å². The first-order valence-corrected chi connectivity index (χ1v) is 4.52. The molecule has 0 aliphatic heterocycles. The van der Waals surface area contributed by atoms with Crippen molar-refractivity contribution >= 4 is 5.91 Å². The molecule has 1 atom stereocenters. The van der Waals surface area contributed by atoms with Crippen LogP contribution in [0.4, 0.5) is 0 Å². The van der Waals surface area contributed by atoms with E-state index in [1.807, 2.05) is 20.8 Å². The highest BCUT2D eigenvalue weighted by Crippen LogP contribution is 2.01. The van der Waals surface area contributed by atoms with Crippen molar-refractivity contribution in [2.75, 3.05) is 6.61 Å². The summed E-state index contributed by atoms with van der Waals surface area (Å²) in [6.45, 7) is 5.72. The Bertz CT molecular complexity index is 163. The summed E-state index contributed by atoms with van der Waals surface area (Å²) >= 11 is 0. The molecule has 0 spiro atoms. The van der Waals surface area contributed by atoms with Crippen LogP contribution in [-0.2, 0) is 4.79 Å². The van der Waals surface area contributed by atoms with E-state index in [4.69, 9.17) is 10.8 Å². The van der Waals surface area contributed by atoms with E-state index in [9.17, 15) is 4.79 Å². The molecule has 4 heteroatoms. The topological polar surface area (TPSA) is 75.4 Å². The first-order valence-electron chi connectivity index (χ1n) is 4.52. The number of nitrogens with two attached hydrogens (primary N) is 1. The third-order valence-corrected chi connectivity index (χ3v) is 1.49. The minimum atomic E-state index is -0.286. The normalized spacial score (nSPS) is 13.9. The van der Waals surface area contributed by atoms with Crippen LogP contribution in [0.25, 0.3) is 0 Å². The summed E-state index contributed by atoms with van der Waals surface area (Å²) in [5.41, 5.74) is 5.26. The molecule has 78 valence electrons. The summed E-state index contributed by atoms with van der Waals surface area (Å²) in [7, 11) is 0. The van der Waals surface area contributed by atoms with Crippen LogP contribution in [0.3, 0.4) is 0 Å². The number of aliphatic hydroxyl groups excluding tert-OH is 1. The highest BCUT2D eigenvalue weighted by Gasteiger charge is 2.13.